The summed E-state index contributed by atoms with van der Waals surface area (Å²) < 4.78 is 0. The predicted octanol–water partition coefficient (Wildman–Crippen LogP) is -3.40. The summed E-state index contributed by atoms with van der Waals surface area (Å²) in [5, 5.41) is 0. The average molecular weight is 2110 g/mol. The molecule has 0 aromatic heterocycles. The molecule has 0 fully saturated rings. The van der Waals surface area contributed by atoms with E-state index in [9.17, 15) is 0 Å². The van der Waals surface area contributed by atoms with Crippen LogP contribution in [-0.4, -0.2) is 244 Å². The smallest absolute Gasteiger partial charge is 2.00 e. The van der Waals surface area contributed by atoms with Gasteiger partial charge in [0.1, 0.15) is 0 Å². The molecule has 0 N–H and O–H groups in total. The molecule has 0 atom stereocenters. The maximum Gasteiger partial charge on any atom is 3.00 e. The molecule has 0 saturated carbocycles. The maximum absolute atomic E-state index is 3.68. The van der Waals surface area contributed by atoms with Gasteiger partial charge in [0, 0.05) is 195 Å². The van der Waals surface area contributed by atoms with Crippen molar-refractivity contribution >= 4 is 244 Å². The molecule has 0 unspecified atom stereocenters. The van der Waals surface area contributed by atoms with E-state index in [-0.39, 0.29) is 338 Å². The Bertz CT molecular complexity index is 1840. The molecular formula is C48H50Cl4O8Sb10-16. The van der Waals surface area contributed by atoms with Crippen LogP contribution in [0.25, 0.3) is 44.5 Å². The van der Waals surface area contributed by atoms with E-state index in [0.717, 1.165) is 0 Å². The van der Waals surface area contributed by atoms with Gasteiger partial charge in [-0.05, 0) is 83.1 Å². The van der Waals surface area contributed by atoms with E-state index in [1.54, 1.807) is 0 Å². The van der Waals surface area contributed by atoms with Gasteiger partial charge in [0.15, 0.2) is 0 Å². The third-order valence-corrected chi connectivity index (χ3v) is 9.38. The molecule has 8 nitrogen and oxygen atoms in total. The standard InChI is InChI=1S/2C24H25.4ClH.8O.10Sb/c2*1-15-10-17(3)23(18(4)11-15)21-8-7-9-22(14-21)24-19(5)12-16(2)13-20(24)6;;;;;;;;;;;;;;;;;;;;;;/h2*7-13H,1-6H3;4*1H;;;;;;;;;;;;;;;;;;/q2*-1;;;;;8*-2;;;;;;;;;2*+3/p-4. The molecule has 0 aliphatic carbocycles. The quantitative estimate of drug-likeness (QED) is 0.124. The van der Waals surface area contributed by atoms with Crippen LogP contribution in [0, 0.1) is 95.2 Å². The van der Waals surface area contributed by atoms with Crippen LogP contribution in [0.15, 0.2) is 84.9 Å². The van der Waals surface area contributed by atoms with Gasteiger partial charge in [-0.25, -0.2) is 0 Å². The zero-order valence-corrected chi connectivity index (χ0v) is 68.9. The van der Waals surface area contributed by atoms with Gasteiger partial charge in [0.05, 0.1) is 0 Å². The fourth-order valence-electron chi connectivity index (χ4n) is 7.94. The summed E-state index contributed by atoms with van der Waals surface area (Å²) in [6, 6.07) is 38.4. The second-order valence-electron chi connectivity index (χ2n) is 14.1. The molecule has 70 heavy (non-hydrogen) atoms. The summed E-state index contributed by atoms with van der Waals surface area (Å²) in [4.78, 5) is 0. The van der Waals surface area contributed by atoms with Crippen molar-refractivity contribution in [2.24, 2.45) is 0 Å². The first kappa shape index (κ1) is 126. The average Bonchev–Trinajstić information content (AvgIpc) is 2.96. The number of benzene rings is 6. The summed E-state index contributed by atoms with van der Waals surface area (Å²) in [7, 11) is 0. The van der Waals surface area contributed by atoms with Gasteiger partial charge in [-0.15, -0.1) is 70.8 Å². The van der Waals surface area contributed by atoms with Gasteiger partial charge in [0.2, 0.25) is 0 Å². The summed E-state index contributed by atoms with van der Waals surface area (Å²) in [5.74, 6) is 0. The maximum atomic E-state index is 3.68. The van der Waals surface area contributed by atoms with Gasteiger partial charge >= 0.3 is 48.9 Å². The Morgan fingerprint density at radius 1 is 0.243 bits per heavy atom. The van der Waals surface area contributed by atoms with E-state index in [1.807, 2.05) is 0 Å². The molecule has 0 saturated heterocycles. The van der Waals surface area contributed by atoms with Gasteiger partial charge in [-0.2, -0.15) is 0 Å². The number of hydrogen-bond acceptors (Lipinski definition) is 0. The first-order valence-electron chi connectivity index (χ1n) is 17.1. The summed E-state index contributed by atoms with van der Waals surface area (Å²) in [6.07, 6.45) is 0. The molecule has 0 heterocycles. The van der Waals surface area contributed by atoms with Crippen molar-refractivity contribution in [1.29, 1.82) is 0 Å². The minimum atomic E-state index is 0. The van der Waals surface area contributed by atoms with Crippen LogP contribution >= 0.6 is 0 Å². The third-order valence-electron chi connectivity index (χ3n) is 9.38. The Balaban J connectivity index is -0.0000000367. The number of halogens is 4. The van der Waals surface area contributed by atoms with E-state index in [4.69, 9.17) is 0 Å². The summed E-state index contributed by atoms with van der Waals surface area (Å²) >= 11 is 0. The van der Waals surface area contributed by atoms with Gasteiger partial charge in [-0.3, -0.25) is 0 Å². The number of aryl methyl sites for hydroxylation is 12. The van der Waals surface area contributed by atoms with Crippen LogP contribution in [0.3, 0.4) is 0 Å². The molecule has 384 valence electrons. The van der Waals surface area contributed by atoms with Crippen molar-refractivity contribution in [1.82, 2.24) is 0 Å². The van der Waals surface area contributed by atoms with Crippen LogP contribution in [0.5, 0.6) is 0 Å². The van der Waals surface area contributed by atoms with E-state index >= 15 is 0 Å². The summed E-state index contributed by atoms with van der Waals surface area (Å²) in [5.41, 5.74) is 25.8. The largest absolute Gasteiger partial charge is 3.00 e. The first-order chi connectivity index (χ1) is 22.7. The zero-order valence-electron chi connectivity index (χ0n) is 40.3. The Hall–Kier alpha value is 4.34. The fraction of sp³-hybridized carbons (Fsp3) is 0.250. The van der Waals surface area contributed by atoms with Crippen LogP contribution in [0.4, 0.5) is 0 Å². The Morgan fingerprint density at radius 3 is 0.471 bits per heavy atom. The summed E-state index contributed by atoms with van der Waals surface area (Å²) in [6.45, 7) is 26.2. The fourth-order valence-corrected chi connectivity index (χ4v) is 7.94. The Kier molecular flexibility index (Phi) is 107. The molecule has 6 aromatic rings. The number of rotatable bonds is 4. The molecular weight excluding hydrogens is 2060 g/mol. The second kappa shape index (κ2) is 59.5. The van der Waals surface area contributed by atoms with Crippen molar-refractivity contribution in [3.05, 3.63) is 164 Å². The SMILES string of the molecule is Cc1cc(C)c(-c2[c-]c(-c3c(C)cc(C)cc3C)ccc2)c(C)c1.Cc1cc(C)c(-c2[c-]c(-c3c(C)cc(C)cc3C)ccc2)c(C)c1.[Cl-].[Cl-].[Cl-].[Cl-].[O-2].[O-2].[O-2].[O-2].[O-2].[O-2].[O-2].[O-2].[Sb+3].[Sb+3].[Sb].[Sb].[Sb].[Sb].[Sb].[Sb].[Sb].[Sb]. The molecule has 0 amide bonds. The molecule has 0 spiro atoms. The minimum absolute atomic E-state index is 0. The molecule has 22 heteroatoms. The van der Waals surface area contributed by atoms with Gasteiger partial charge in [0.25, 0.3) is 0 Å². The zero-order chi connectivity index (χ0) is 34.9. The molecule has 0 aliphatic heterocycles. The van der Waals surface area contributed by atoms with Crippen LogP contribution in [0.2, 0.25) is 0 Å². The number of hydrogen-bond donors (Lipinski definition) is 0. The molecule has 0 aliphatic rings. The Morgan fingerprint density at radius 2 is 0.357 bits per heavy atom. The molecule has 28 radical (unpaired) electrons. The molecule has 0 bridgehead atoms. The topological polar surface area (TPSA) is 228 Å². The molecule has 6 rings (SSSR count). The van der Waals surface area contributed by atoms with E-state index in [2.05, 4.69) is 180 Å². The van der Waals surface area contributed by atoms with Crippen LogP contribution in [0.1, 0.15) is 66.8 Å². The van der Waals surface area contributed by atoms with Crippen molar-refractivity contribution in [3.63, 3.8) is 0 Å². The minimum Gasteiger partial charge on any atom is -2.00 e. The second-order valence-corrected chi connectivity index (χ2v) is 14.1. The van der Waals surface area contributed by atoms with Crippen molar-refractivity contribution < 1.29 is 93.4 Å². The van der Waals surface area contributed by atoms with Crippen molar-refractivity contribution in [2.75, 3.05) is 0 Å². The van der Waals surface area contributed by atoms with Crippen molar-refractivity contribution in [2.45, 2.75) is 83.1 Å². The first-order valence-corrected chi connectivity index (χ1v) is 17.1. The van der Waals surface area contributed by atoms with Crippen molar-refractivity contribution in [3.8, 4) is 44.5 Å². The third kappa shape index (κ3) is 33.8. The van der Waals surface area contributed by atoms with Gasteiger partial charge in [-0.1, -0.05) is 138 Å². The predicted molar refractivity (Wildman–Crippen MR) is 272 cm³/mol. The monoisotopic (exact) mass is 2100 g/mol. The van der Waals surface area contributed by atoms with Gasteiger partial charge < -0.3 is 93.4 Å². The molecule has 6 aromatic carbocycles. The van der Waals surface area contributed by atoms with E-state index in [1.165, 1.54) is 111 Å². The van der Waals surface area contributed by atoms with E-state index in [0.29, 0.717) is 0 Å². The van der Waals surface area contributed by atoms with Crippen LogP contribution in [-0.2, 0) is 43.8 Å². The van der Waals surface area contributed by atoms with Crippen LogP contribution < -0.4 is 49.6 Å². The normalized spacial score (nSPS) is 7.49. The van der Waals surface area contributed by atoms with E-state index < -0.39 is 0 Å². The Labute approximate surface area is 618 Å².